The van der Waals surface area contributed by atoms with Gasteiger partial charge in [-0.25, -0.2) is 17.6 Å². The van der Waals surface area contributed by atoms with Crippen molar-refractivity contribution in [1.82, 2.24) is 9.88 Å². The third kappa shape index (κ3) is 5.40. The van der Waals surface area contributed by atoms with Crippen LogP contribution < -0.4 is 21.5 Å². The fourth-order valence-electron chi connectivity index (χ4n) is 4.35. The number of aromatic nitrogens is 1. The van der Waals surface area contributed by atoms with Crippen LogP contribution in [0, 0.1) is 11.6 Å². The van der Waals surface area contributed by atoms with Crippen molar-refractivity contribution >= 4 is 23.2 Å². The molecular weight excluding hydrogens is 506 g/mol. The Bertz CT molecular complexity index is 1460. The van der Waals surface area contributed by atoms with Gasteiger partial charge in [0.05, 0.1) is 22.5 Å². The van der Waals surface area contributed by atoms with E-state index in [1.54, 1.807) is 0 Å². The Balaban J connectivity index is 1.81. The number of alkyl halides is 2. The number of aromatic amines is 1. The Morgan fingerprint density at radius 2 is 1.82 bits per heavy atom. The van der Waals surface area contributed by atoms with Crippen LogP contribution in [0.1, 0.15) is 39.6 Å². The van der Waals surface area contributed by atoms with Crippen molar-refractivity contribution in [2.75, 3.05) is 36.9 Å². The summed E-state index contributed by atoms with van der Waals surface area (Å²) in [6, 6.07) is 6.56. The quantitative estimate of drug-likeness (QED) is 0.420. The van der Waals surface area contributed by atoms with Gasteiger partial charge in [-0.15, -0.1) is 0 Å². The van der Waals surface area contributed by atoms with Crippen molar-refractivity contribution in [3.05, 3.63) is 81.3 Å². The fraction of sp³-hybridized carbons (Fsp3) is 0.269. The van der Waals surface area contributed by atoms with Crippen LogP contribution in [-0.4, -0.2) is 54.4 Å². The average molecular weight is 532 g/mol. The van der Waals surface area contributed by atoms with Gasteiger partial charge in [0, 0.05) is 49.1 Å². The fourth-order valence-corrected chi connectivity index (χ4v) is 4.35. The highest BCUT2D eigenvalue weighted by atomic mass is 19.3. The molecule has 1 aromatic heterocycles. The minimum atomic E-state index is -3.09. The van der Waals surface area contributed by atoms with E-state index < -0.39 is 46.6 Å². The summed E-state index contributed by atoms with van der Waals surface area (Å²) in [7, 11) is 1.95. The number of hydrogen-bond donors (Lipinski definition) is 3. The van der Waals surface area contributed by atoms with Crippen LogP contribution in [0.3, 0.4) is 0 Å². The molecule has 1 fully saturated rings. The lowest BCUT2D eigenvalue weighted by Gasteiger charge is -2.39. The first kappa shape index (κ1) is 26.9. The molecule has 1 atom stereocenters. The molecule has 3 aromatic rings. The number of piperazine rings is 1. The minimum Gasteiger partial charge on any atom is -0.367 e. The molecule has 8 nitrogen and oxygen atoms in total. The molecule has 0 aliphatic carbocycles. The van der Waals surface area contributed by atoms with Crippen molar-refractivity contribution in [3.63, 3.8) is 0 Å². The maximum atomic E-state index is 15.4. The van der Waals surface area contributed by atoms with Crippen LogP contribution in [-0.2, 0) is 0 Å². The van der Waals surface area contributed by atoms with E-state index in [1.165, 1.54) is 18.2 Å². The zero-order valence-corrected chi connectivity index (χ0v) is 20.5. The normalized spacial score (nSPS) is 16.1. The first-order valence-electron chi connectivity index (χ1n) is 11.7. The first-order valence-corrected chi connectivity index (χ1v) is 11.7. The standard InChI is InChI=1S/C26H25F4N5O3/c1-13-12-35(6-5-34(13)2)22-10-20(28)16(14-3-4-15(25(31)37)19(27)7-14)8-21(22)33-26(38)18-11-32-23(36)9-17(18)24(29)30/h3-4,7-11,13,24H,5-6,12H2,1-2H3,(H2,31,37)(H,32,36)(H,33,38)/t13-/m0/s1. The second kappa shape index (κ2) is 10.7. The van der Waals surface area contributed by atoms with Crippen LogP contribution in [0.25, 0.3) is 11.1 Å². The summed E-state index contributed by atoms with van der Waals surface area (Å²) in [5.41, 5.74) is 3.12. The number of nitrogens with two attached hydrogens (primary N) is 1. The third-order valence-electron chi connectivity index (χ3n) is 6.62. The molecule has 0 spiro atoms. The molecule has 38 heavy (non-hydrogen) atoms. The van der Waals surface area contributed by atoms with Crippen LogP contribution in [0.2, 0.25) is 0 Å². The lowest BCUT2D eigenvalue weighted by molar-refractivity contribution is 0.0992. The molecule has 12 heteroatoms. The number of nitrogens with one attached hydrogen (secondary N) is 2. The maximum Gasteiger partial charge on any atom is 0.264 e. The number of likely N-dealkylation sites (N-methyl/N-ethyl adjacent to an activating group) is 1. The number of halogens is 4. The van der Waals surface area contributed by atoms with Gasteiger partial charge >= 0.3 is 0 Å². The predicted octanol–water partition coefficient (Wildman–Crippen LogP) is 3.75. The smallest absolute Gasteiger partial charge is 0.264 e. The summed E-state index contributed by atoms with van der Waals surface area (Å²) >= 11 is 0. The molecule has 4 N–H and O–H groups in total. The Hall–Kier alpha value is -4.19. The number of anilines is 2. The summed E-state index contributed by atoms with van der Waals surface area (Å²) in [6.45, 7) is 3.60. The minimum absolute atomic E-state index is 0.0658. The molecule has 0 radical (unpaired) electrons. The number of benzene rings is 2. The van der Waals surface area contributed by atoms with Gasteiger partial charge in [0.15, 0.2) is 0 Å². The van der Waals surface area contributed by atoms with E-state index in [1.807, 2.05) is 18.9 Å². The number of rotatable bonds is 6. The van der Waals surface area contributed by atoms with Gasteiger partial charge in [0.2, 0.25) is 5.56 Å². The van der Waals surface area contributed by atoms with Crippen molar-refractivity contribution in [2.45, 2.75) is 19.4 Å². The summed E-state index contributed by atoms with van der Waals surface area (Å²) in [5.74, 6) is -3.62. The lowest BCUT2D eigenvalue weighted by Crippen LogP contribution is -2.50. The van der Waals surface area contributed by atoms with Gasteiger partial charge in [0.25, 0.3) is 18.2 Å². The molecule has 1 aliphatic rings. The maximum absolute atomic E-state index is 15.4. The molecule has 1 aliphatic heterocycles. The van der Waals surface area contributed by atoms with Crippen molar-refractivity contribution in [1.29, 1.82) is 0 Å². The van der Waals surface area contributed by atoms with Gasteiger partial charge in [0.1, 0.15) is 11.6 Å². The topological polar surface area (TPSA) is 112 Å². The highest BCUT2D eigenvalue weighted by molar-refractivity contribution is 6.07. The van der Waals surface area contributed by atoms with Crippen molar-refractivity contribution < 1.29 is 27.2 Å². The molecule has 0 bridgehead atoms. The summed E-state index contributed by atoms with van der Waals surface area (Å²) < 4.78 is 57.0. The summed E-state index contributed by atoms with van der Waals surface area (Å²) in [5, 5.41) is 2.56. The number of amides is 2. The first-order chi connectivity index (χ1) is 18.0. The summed E-state index contributed by atoms with van der Waals surface area (Å²) in [6.07, 6.45) is -2.20. The van der Waals surface area contributed by atoms with Crippen LogP contribution in [0.4, 0.5) is 28.9 Å². The number of nitrogens with zero attached hydrogens (tertiary/aromatic N) is 2. The van der Waals surface area contributed by atoms with Crippen LogP contribution in [0.15, 0.2) is 47.4 Å². The van der Waals surface area contributed by atoms with E-state index in [2.05, 4.69) is 15.2 Å². The summed E-state index contributed by atoms with van der Waals surface area (Å²) in [4.78, 5) is 42.2. The number of hydrogen-bond acceptors (Lipinski definition) is 5. The Morgan fingerprint density at radius 1 is 1.08 bits per heavy atom. The highest BCUT2D eigenvalue weighted by Crippen LogP contribution is 2.36. The number of H-pyrrole nitrogens is 1. The highest BCUT2D eigenvalue weighted by Gasteiger charge is 2.26. The number of carbonyl (C=O) groups is 2. The molecule has 2 amide bonds. The van der Waals surface area contributed by atoms with E-state index in [4.69, 9.17) is 5.73 Å². The van der Waals surface area contributed by atoms with Crippen molar-refractivity contribution in [2.24, 2.45) is 5.73 Å². The van der Waals surface area contributed by atoms with Crippen LogP contribution >= 0.6 is 0 Å². The molecule has 0 saturated carbocycles. The second-order valence-electron chi connectivity index (χ2n) is 9.10. The van der Waals surface area contributed by atoms with E-state index in [9.17, 15) is 27.6 Å². The van der Waals surface area contributed by atoms with E-state index in [0.717, 1.165) is 18.3 Å². The van der Waals surface area contributed by atoms with Gasteiger partial charge in [-0.3, -0.25) is 14.4 Å². The predicted molar refractivity (Wildman–Crippen MR) is 135 cm³/mol. The molecule has 2 heterocycles. The lowest BCUT2D eigenvalue weighted by atomic mass is 10.00. The van der Waals surface area contributed by atoms with Gasteiger partial charge < -0.3 is 25.8 Å². The Kier molecular flexibility index (Phi) is 7.53. The Morgan fingerprint density at radius 3 is 2.45 bits per heavy atom. The van der Waals surface area contributed by atoms with Gasteiger partial charge in [-0.2, -0.15) is 0 Å². The molecule has 2 aromatic carbocycles. The third-order valence-corrected chi connectivity index (χ3v) is 6.62. The molecular formula is C26H25F4N5O3. The van der Waals surface area contributed by atoms with Crippen molar-refractivity contribution in [3.8, 4) is 11.1 Å². The largest absolute Gasteiger partial charge is 0.367 e. The van der Waals surface area contributed by atoms with E-state index >= 15 is 4.39 Å². The Labute approximate surface area is 215 Å². The number of pyridine rings is 1. The monoisotopic (exact) mass is 531 g/mol. The SMILES string of the molecule is C[C@H]1CN(c2cc(F)c(-c3ccc(C(N)=O)c(F)c3)cc2NC(=O)c2c[nH]c(=O)cc2C(F)F)CCN1C. The molecule has 200 valence electrons. The number of carbonyl (C=O) groups excluding carboxylic acids is 2. The molecule has 1 saturated heterocycles. The zero-order chi connectivity index (χ0) is 27.7. The second-order valence-corrected chi connectivity index (χ2v) is 9.10. The van der Waals surface area contributed by atoms with Gasteiger partial charge in [-0.1, -0.05) is 6.07 Å². The van der Waals surface area contributed by atoms with Crippen LogP contribution in [0.5, 0.6) is 0 Å². The van der Waals surface area contributed by atoms with Gasteiger partial charge in [-0.05, 0) is 43.8 Å². The molecule has 4 rings (SSSR count). The van der Waals surface area contributed by atoms with E-state index in [-0.39, 0.29) is 28.4 Å². The zero-order valence-electron chi connectivity index (χ0n) is 20.5. The number of primary amides is 1. The average Bonchev–Trinajstić information content (AvgIpc) is 2.86. The van der Waals surface area contributed by atoms with E-state index in [0.29, 0.717) is 31.4 Å². The molecule has 0 unspecified atom stereocenters.